The van der Waals surface area contributed by atoms with Crippen LogP contribution in [0, 0.1) is 0 Å². The third kappa shape index (κ3) is 2.27. The first-order valence-corrected chi connectivity index (χ1v) is 8.61. The van der Waals surface area contributed by atoms with Crippen LogP contribution in [0.2, 0.25) is 0 Å². The first-order valence-electron chi connectivity index (χ1n) is 7.80. The maximum absolute atomic E-state index is 11.2. The Hall–Kier alpha value is -0.940. The number of aromatic nitrogens is 1. The summed E-state index contributed by atoms with van der Waals surface area (Å²) in [4.78, 5) is 22.0. The van der Waals surface area contributed by atoms with E-state index < -0.39 is 0 Å². The molecule has 0 amide bonds. The van der Waals surface area contributed by atoms with E-state index in [2.05, 4.69) is 9.80 Å². The van der Waals surface area contributed by atoms with Gasteiger partial charge in [-0.1, -0.05) is 11.3 Å². The van der Waals surface area contributed by atoms with Crippen molar-refractivity contribution in [2.75, 3.05) is 31.1 Å². The van der Waals surface area contributed by atoms with Gasteiger partial charge in [0, 0.05) is 31.6 Å². The molecule has 1 aromatic rings. The Morgan fingerprint density at radius 1 is 1.15 bits per heavy atom. The SMILES string of the molecule is O=Cc1sc(N2CCCN3CCCC3C2)nc1C1CC1. The van der Waals surface area contributed by atoms with Crippen molar-refractivity contribution < 1.29 is 4.79 Å². The molecule has 0 radical (unpaired) electrons. The summed E-state index contributed by atoms with van der Waals surface area (Å²) >= 11 is 1.61. The van der Waals surface area contributed by atoms with Crippen LogP contribution >= 0.6 is 11.3 Å². The number of nitrogens with zero attached hydrogens (tertiary/aromatic N) is 3. The molecule has 3 heterocycles. The van der Waals surface area contributed by atoms with Gasteiger partial charge in [0.25, 0.3) is 0 Å². The van der Waals surface area contributed by atoms with Crippen molar-refractivity contribution in [1.82, 2.24) is 9.88 Å². The van der Waals surface area contributed by atoms with Gasteiger partial charge in [0.15, 0.2) is 11.4 Å². The zero-order valence-electron chi connectivity index (χ0n) is 11.8. The number of hydrogen-bond acceptors (Lipinski definition) is 5. The van der Waals surface area contributed by atoms with Gasteiger partial charge in [-0.15, -0.1) is 0 Å². The van der Waals surface area contributed by atoms with Gasteiger partial charge in [0.2, 0.25) is 0 Å². The summed E-state index contributed by atoms with van der Waals surface area (Å²) in [5.74, 6) is 0.565. The molecule has 2 aliphatic heterocycles. The Morgan fingerprint density at radius 2 is 2.00 bits per heavy atom. The monoisotopic (exact) mass is 291 g/mol. The summed E-state index contributed by atoms with van der Waals surface area (Å²) in [6, 6.07) is 0.699. The van der Waals surface area contributed by atoms with Crippen LogP contribution in [-0.2, 0) is 0 Å². The topological polar surface area (TPSA) is 36.4 Å². The second-order valence-electron chi connectivity index (χ2n) is 6.27. The van der Waals surface area contributed by atoms with Gasteiger partial charge in [0.05, 0.1) is 10.6 Å². The van der Waals surface area contributed by atoms with Crippen molar-refractivity contribution in [3.8, 4) is 0 Å². The maximum atomic E-state index is 11.2. The molecule has 0 N–H and O–H groups in total. The molecule has 0 bridgehead atoms. The van der Waals surface area contributed by atoms with E-state index in [9.17, 15) is 4.79 Å². The number of rotatable bonds is 3. The van der Waals surface area contributed by atoms with E-state index in [0.717, 1.165) is 35.1 Å². The van der Waals surface area contributed by atoms with Crippen LogP contribution in [0.15, 0.2) is 0 Å². The van der Waals surface area contributed by atoms with Crippen molar-refractivity contribution in [3.63, 3.8) is 0 Å². The molecule has 4 nitrogen and oxygen atoms in total. The lowest BCUT2D eigenvalue weighted by Gasteiger charge is -2.25. The van der Waals surface area contributed by atoms with E-state index in [0.29, 0.717) is 12.0 Å². The number of thiazole rings is 1. The highest BCUT2D eigenvalue weighted by Gasteiger charge is 2.33. The quantitative estimate of drug-likeness (QED) is 0.802. The largest absolute Gasteiger partial charge is 0.346 e. The average molecular weight is 291 g/mol. The van der Waals surface area contributed by atoms with Crippen molar-refractivity contribution in [3.05, 3.63) is 10.6 Å². The standard InChI is InChI=1S/C15H21N3OS/c19-10-13-14(11-4-5-11)16-15(20-13)18-8-2-7-17-6-1-3-12(17)9-18/h10-12H,1-9H2. The second kappa shape index (κ2) is 5.11. The molecule has 1 saturated carbocycles. The van der Waals surface area contributed by atoms with E-state index in [1.54, 1.807) is 11.3 Å². The van der Waals surface area contributed by atoms with Crippen molar-refractivity contribution >= 4 is 22.8 Å². The summed E-state index contributed by atoms with van der Waals surface area (Å²) in [7, 11) is 0. The summed E-state index contributed by atoms with van der Waals surface area (Å²) in [5.41, 5.74) is 1.08. The molecule has 0 spiro atoms. The number of aldehydes is 1. The van der Waals surface area contributed by atoms with Crippen LogP contribution in [-0.4, -0.2) is 48.4 Å². The van der Waals surface area contributed by atoms with E-state index in [1.165, 1.54) is 45.2 Å². The number of fused-ring (bicyclic) bond motifs is 1. The van der Waals surface area contributed by atoms with Gasteiger partial charge in [-0.3, -0.25) is 9.69 Å². The Labute approximate surface area is 123 Å². The third-order valence-corrected chi connectivity index (χ3v) is 5.87. The Kier molecular flexibility index (Phi) is 3.27. The molecule has 108 valence electrons. The lowest BCUT2D eigenvalue weighted by Crippen LogP contribution is -2.36. The Balaban J connectivity index is 1.58. The minimum Gasteiger partial charge on any atom is -0.346 e. The fourth-order valence-corrected chi connectivity index (χ4v) is 4.58. The van der Waals surface area contributed by atoms with Crippen LogP contribution in [0.1, 0.15) is 53.4 Å². The molecule has 3 fully saturated rings. The summed E-state index contributed by atoms with van der Waals surface area (Å²) in [6.45, 7) is 4.67. The summed E-state index contributed by atoms with van der Waals surface area (Å²) in [6.07, 6.45) is 7.29. The highest BCUT2D eigenvalue weighted by Crippen LogP contribution is 2.43. The minimum absolute atomic E-state index is 0.565. The van der Waals surface area contributed by atoms with Crippen molar-refractivity contribution in [2.45, 2.75) is 44.1 Å². The smallest absolute Gasteiger partial charge is 0.186 e. The van der Waals surface area contributed by atoms with E-state index >= 15 is 0 Å². The number of carbonyl (C=O) groups excluding carboxylic acids is 1. The molecule has 3 aliphatic rings. The van der Waals surface area contributed by atoms with Gasteiger partial charge < -0.3 is 4.90 Å². The van der Waals surface area contributed by atoms with Gasteiger partial charge in [-0.05, 0) is 38.6 Å². The van der Waals surface area contributed by atoms with Crippen LogP contribution in [0.3, 0.4) is 0 Å². The minimum atomic E-state index is 0.565. The summed E-state index contributed by atoms with van der Waals surface area (Å²) in [5, 5.41) is 1.09. The van der Waals surface area contributed by atoms with Crippen molar-refractivity contribution in [2.24, 2.45) is 0 Å². The Bertz CT molecular complexity index is 511. The van der Waals surface area contributed by atoms with E-state index in [-0.39, 0.29) is 0 Å². The Morgan fingerprint density at radius 3 is 2.80 bits per heavy atom. The van der Waals surface area contributed by atoms with Crippen LogP contribution < -0.4 is 4.90 Å². The molecule has 1 atom stereocenters. The van der Waals surface area contributed by atoms with Gasteiger partial charge in [-0.2, -0.15) is 0 Å². The third-order valence-electron chi connectivity index (χ3n) is 4.81. The molecule has 4 rings (SSSR count). The van der Waals surface area contributed by atoms with Gasteiger partial charge >= 0.3 is 0 Å². The maximum Gasteiger partial charge on any atom is 0.186 e. The molecular weight excluding hydrogens is 270 g/mol. The lowest BCUT2D eigenvalue weighted by molar-refractivity contribution is 0.112. The predicted molar refractivity (Wildman–Crippen MR) is 80.9 cm³/mol. The number of carbonyl (C=O) groups is 1. The van der Waals surface area contributed by atoms with E-state index in [4.69, 9.17) is 4.98 Å². The van der Waals surface area contributed by atoms with Crippen molar-refractivity contribution in [1.29, 1.82) is 0 Å². The zero-order chi connectivity index (χ0) is 13.5. The molecule has 1 aliphatic carbocycles. The first-order chi connectivity index (χ1) is 9.85. The zero-order valence-corrected chi connectivity index (χ0v) is 12.6. The highest BCUT2D eigenvalue weighted by molar-refractivity contribution is 7.17. The molecule has 20 heavy (non-hydrogen) atoms. The predicted octanol–water partition coefficient (Wildman–Crippen LogP) is 2.51. The van der Waals surface area contributed by atoms with Gasteiger partial charge in [0.1, 0.15) is 0 Å². The normalized spacial score (nSPS) is 27.4. The molecule has 0 aromatic carbocycles. The van der Waals surface area contributed by atoms with Crippen LogP contribution in [0.25, 0.3) is 0 Å². The molecular formula is C15H21N3OS. The second-order valence-corrected chi connectivity index (χ2v) is 7.28. The lowest BCUT2D eigenvalue weighted by atomic mass is 10.2. The first kappa shape index (κ1) is 12.8. The molecule has 2 saturated heterocycles. The fraction of sp³-hybridized carbons (Fsp3) is 0.733. The average Bonchev–Trinajstić information content (AvgIpc) is 3.13. The number of anilines is 1. The summed E-state index contributed by atoms with van der Waals surface area (Å²) < 4.78 is 0. The van der Waals surface area contributed by atoms with E-state index in [1.807, 2.05) is 0 Å². The highest BCUT2D eigenvalue weighted by atomic mass is 32.1. The molecule has 1 aromatic heterocycles. The molecule has 1 unspecified atom stereocenters. The fourth-order valence-electron chi connectivity index (χ4n) is 3.58. The van der Waals surface area contributed by atoms with Crippen LogP contribution in [0.5, 0.6) is 0 Å². The number of hydrogen-bond donors (Lipinski definition) is 0. The molecule has 5 heteroatoms. The van der Waals surface area contributed by atoms with Gasteiger partial charge in [-0.25, -0.2) is 4.98 Å². The van der Waals surface area contributed by atoms with Crippen LogP contribution in [0.4, 0.5) is 5.13 Å².